The van der Waals surface area contributed by atoms with Crippen molar-refractivity contribution >= 4 is 0 Å². The van der Waals surface area contributed by atoms with Crippen molar-refractivity contribution in [2.75, 3.05) is 0 Å². The van der Waals surface area contributed by atoms with Gasteiger partial charge in [0, 0.05) is 6.42 Å². The molecule has 2 heteroatoms. The second-order valence-corrected chi connectivity index (χ2v) is 10.2. The second-order valence-electron chi connectivity index (χ2n) is 10.2. The van der Waals surface area contributed by atoms with E-state index >= 15 is 0 Å². The zero-order chi connectivity index (χ0) is 25.0. The molecule has 0 aliphatic rings. The average Bonchev–Trinajstić information content (AvgIpc) is 3.23. The molecule has 0 saturated heterocycles. The summed E-state index contributed by atoms with van der Waals surface area (Å²) in [5, 5.41) is 0. The topological polar surface area (TPSA) is 8.81 Å². The molecule has 0 aliphatic carbocycles. The van der Waals surface area contributed by atoms with Crippen LogP contribution in [-0.2, 0) is 25.9 Å². The highest BCUT2D eigenvalue weighted by atomic mass is 15.2. The zero-order valence-electron chi connectivity index (χ0n) is 22.3. The minimum absolute atomic E-state index is 0.475. The Kier molecular flexibility index (Phi) is 9.96. The van der Waals surface area contributed by atoms with Gasteiger partial charge >= 0.3 is 0 Å². The molecule has 0 saturated carbocycles. The first-order valence-corrected chi connectivity index (χ1v) is 14.0. The van der Waals surface area contributed by atoms with Crippen molar-refractivity contribution in [2.24, 2.45) is 0 Å². The number of benzene rings is 3. The molecule has 4 aromatic rings. The van der Waals surface area contributed by atoms with E-state index < -0.39 is 0 Å². The first-order valence-electron chi connectivity index (χ1n) is 14.0. The number of unbranched alkanes of at least 4 members (excludes halogenated alkanes) is 5. The highest BCUT2D eigenvalue weighted by molar-refractivity contribution is 5.24. The minimum Gasteiger partial charge on any atom is -0.234 e. The Balaban J connectivity index is 1.65. The summed E-state index contributed by atoms with van der Waals surface area (Å²) in [6.07, 6.45) is 12.4. The van der Waals surface area contributed by atoms with Crippen molar-refractivity contribution in [3.8, 4) is 0 Å². The van der Waals surface area contributed by atoms with Crippen molar-refractivity contribution in [1.29, 1.82) is 0 Å². The van der Waals surface area contributed by atoms with E-state index in [2.05, 4.69) is 120 Å². The molecule has 0 fully saturated rings. The molecule has 0 bridgehead atoms. The van der Waals surface area contributed by atoms with Gasteiger partial charge in [0.05, 0.1) is 13.0 Å². The van der Waals surface area contributed by atoms with Gasteiger partial charge in [-0.2, -0.15) is 0 Å². The van der Waals surface area contributed by atoms with Gasteiger partial charge < -0.3 is 0 Å². The Labute approximate surface area is 218 Å². The molecule has 0 N–H and O–H groups in total. The summed E-state index contributed by atoms with van der Waals surface area (Å²) >= 11 is 0. The lowest BCUT2D eigenvalue weighted by atomic mass is 9.96. The Hall–Kier alpha value is -3.13. The molecule has 3 aromatic carbocycles. The normalized spacial score (nSPS) is 12.1. The maximum atomic E-state index is 2.61. The average molecular weight is 480 g/mol. The third-order valence-corrected chi connectivity index (χ3v) is 7.32. The largest absolute Gasteiger partial charge is 0.261 e. The van der Waals surface area contributed by atoms with Crippen LogP contribution in [-0.4, -0.2) is 4.57 Å². The molecule has 2 nitrogen and oxygen atoms in total. The third-order valence-electron chi connectivity index (χ3n) is 7.32. The van der Waals surface area contributed by atoms with Crippen molar-refractivity contribution in [1.82, 2.24) is 4.57 Å². The maximum Gasteiger partial charge on any atom is 0.261 e. The third kappa shape index (κ3) is 7.43. The van der Waals surface area contributed by atoms with Crippen LogP contribution in [0.5, 0.6) is 0 Å². The summed E-state index contributed by atoms with van der Waals surface area (Å²) in [5.41, 5.74) is 5.59. The summed E-state index contributed by atoms with van der Waals surface area (Å²) in [7, 11) is 0. The highest BCUT2D eigenvalue weighted by Gasteiger charge is 2.25. The fourth-order valence-electron chi connectivity index (χ4n) is 5.21. The minimum atomic E-state index is 0.475. The van der Waals surface area contributed by atoms with E-state index in [9.17, 15) is 0 Å². The number of imidazole rings is 1. The van der Waals surface area contributed by atoms with Crippen LogP contribution in [0.25, 0.3) is 0 Å². The molecule has 0 aliphatic heterocycles. The molecule has 1 aromatic heterocycles. The summed E-state index contributed by atoms with van der Waals surface area (Å²) in [5.74, 6) is 1.90. The number of hydrogen-bond acceptors (Lipinski definition) is 0. The van der Waals surface area contributed by atoms with E-state index in [1.165, 1.54) is 66.7 Å². The Bertz CT molecular complexity index is 1150. The number of aryl methyl sites for hydroxylation is 1. The molecule has 4 rings (SSSR count). The van der Waals surface area contributed by atoms with Gasteiger partial charge in [0.15, 0.2) is 0 Å². The molecule has 36 heavy (non-hydrogen) atoms. The van der Waals surface area contributed by atoms with Crippen LogP contribution in [0.1, 0.15) is 86.5 Å². The predicted molar refractivity (Wildman–Crippen MR) is 151 cm³/mol. The molecule has 0 radical (unpaired) electrons. The van der Waals surface area contributed by atoms with Gasteiger partial charge in [0.2, 0.25) is 0 Å². The molecule has 188 valence electrons. The Morgan fingerprint density at radius 2 is 1.28 bits per heavy atom. The van der Waals surface area contributed by atoms with E-state index in [-0.39, 0.29) is 0 Å². The van der Waals surface area contributed by atoms with Crippen LogP contribution in [0, 0.1) is 0 Å². The number of rotatable bonds is 14. The first-order chi connectivity index (χ1) is 17.7. The standard InChI is InChI=1S/C34H43N2/c1-3-4-5-6-7-17-24-35-28-33(25-29(2)32-22-15-10-16-23-32)36(27-31-20-13-9-14-21-31)34(35)26-30-18-11-8-12-19-30/h8-16,18-23,28-29H,3-7,17,24-27H2,1-2H3/q+1. The zero-order valence-corrected chi connectivity index (χ0v) is 22.3. The number of hydrogen-bond donors (Lipinski definition) is 0. The maximum absolute atomic E-state index is 2.61. The van der Waals surface area contributed by atoms with Gasteiger partial charge in [0.1, 0.15) is 18.4 Å². The highest BCUT2D eigenvalue weighted by Crippen LogP contribution is 2.22. The molecule has 1 heterocycles. The van der Waals surface area contributed by atoms with Gasteiger partial charge in [0.25, 0.3) is 5.82 Å². The predicted octanol–water partition coefficient (Wildman–Crippen LogP) is 8.12. The summed E-state index contributed by atoms with van der Waals surface area (Å²) in [4.78, 5) is 0. The monoisotopic (exact) mass is 479 g/mol. The van der Waals surface area contributed by atoms with Gasteiger partial charge in [-0.1, -0.05) is 131 Å². The van der Waals surface area contributed by atoms with Gasteiger partial charge in [-0.05, 0) is 35.4 Å². The molecule has 1 atom stereocenters. The lowest BCUT2D eigenvalue weighted by molar-refractivity contribution is -0.704. The number of nitrogens with zero attached hydrogens (tertiary/aromatic N) is 2. The molecule has 1 unspecified atom stereocenters. The first kappa shape index (κ1) is 25.9. The van der Waals surface area contributed by atoms with E-state index in [4.69, 9.17) is 0 Å². The quantitative estimate of drug-likeness (QED) is 0.127. The van der Waals surface area contributed by atoms with E-state index in [1.54, 1.807) is 0 Å². The summed E-state index contributed by atoms with van der Waals surface area (Å²) < 4.78 is 5.18. The molecular formula is C34H43N2+. The van der Waals surface area contributed by atoms with Crippen LogP contribution < -0.4 is 4.57 Å². The molecule has 0 spiro atoms. The Morgan fingerprint density at radius 1 is 0.694 bits per heavy atom. The second kappa shape index (κ2) is 13.8. The fourth-order valence-corrected chi connectivity index (χ4v) is 5.21. The lowest BCUT2D eigenvalue weighted by Gasteiger charge is -2.12. The van der Waals surface area contributed by atoms with Crippen LogP contribution in [0.4, 0.5) is 0 Å². The fraction of sp³-hybridized carbons (Fsp3) is 0.382. The van der Waals surface area contributed by atoms with E-state index in [0.29, 0.717) is 5.92 Å². The van der Waals surface area contributed by atoms with Crippen LogP contribution in [0.15, 0.2) is 97.2 Å². The number of aromatic nitrogens is 2. The van der Waals surface area contributed by atoms with Gasteiger partial charge in [-0.3, -0.25) is 0 Å². The van der Waals surface area contributed by atoms with Crippen molar-refractivity contribution in [2.45, 2.75) is 84.2 Å². The SMILES string of the molecule is CCCCCCCC[n+]1cc(CC(C)c2ccccc2)n(Cc2ccccc2)c1Cc1ccccc1. The van der Waals surface area contributed by atoms with Crippen molar-refractivity contribution in [3.63, 3.8) is 0 Å². The van der Waals surface area contributed by atoms with Crippen LogP contribution >= 0.6 is 0 Å². The smallest absolute Gasteiger partial charge is 0.234 e. The van der Waals surface area contributed by atoms with E-state index in [1.807, 2.05) is 0 Å². The van der Waals surface area contributed by atoms with Gasteiger partial charge in [-0.15, -0.1) is 0 Å². The van der Waals surface area contributed by atoms with Crippen molar-refractivity contribution in [3.05, 3.63) is 125 Å². The Morgan fingerprint density at radius 3 is 1.94 bits per heavy atom. The molecular weight excluding hydrogens is 436 g/mol. The summed E-state index contributed by atoms with van der Waals surface area (Å²) in [6, 6.07) is 32.9. The molecule has 0 amide bonds. The van der Waals surface area contributed by atoms with Crippen LogP contribution in [0.2, 0.25) is 0 Å². The lowest BCUT2D eigenvalue weighted by Crippen LogP contribution is -2.37. The van der Waals surface area contributed by atoms with Crippen molar-refractivity contribution < 1.29 is 4.57 Å². The van der Waals surface area contributed by atoms with Gasteiger partial charge in [-0.25, -0.2) is 9.13 Å². The summed E-state index contributed by atoms with van der Waals surface area (Å²) in [6.45, 7) is 6.68. The van der Waals surface area contributed by atoms with Crippen LogP contribution in [0.3, 0.4) is 0 Å². The van der Waals surface area contributed by atoms with E-state index in [0.717, 1.165) is 25.9 Å².